The number of primary amides is 2. The predicted octanol–water partition coefficient (Wildman–Crippen LogP) is -4.25. The molecule has 28 N–H and O–H groups in total. The van der Waals surface area contributed by atoms with Gasteiger partial charge < -0.3 is 114 Å². The number of nitrogens with two attached hydrogens (primary N) is 7. The Kier molecular flexibility index (Phi) is 39.9. The number of rotatable bonds is 51. The van der Waals surface area contributed by atoms with E-state index in [0.29, 0.717) is 22.6 Å². The number of thioether (sulfide) groups is 1. The second kappa shape index (κ2) is 47.4. The fourth-order valence-electron chi connectivity index (χ4n) is 10.7. The number of H-pyrrole nitrogens is 1. The van der Waals surface area contributed by atoms with Gasteiger partial charge in [-0.3, -0.25) is 72.3 Å². The van der Waals surface area contributed by atoms with E-state index in [1.807, 2.05) is 0 Å². The molecule has 107 heavy (non-hydrogen) atoms. The lowest BCUT2D eigenvalue weighted by molar-refractivity contribution is -0.143. The van der Waals surface area contributed by atoms with Gasteiger partial charge in [-0.25, -0.2) is 9.78 Å². The highest BCUT2D eigenvalue weighted by molar-refractivity contribution is 7.98. The maximum atomic E-state index is 14.8. The molecule has 39 heteroatoms. The van der Waals surface area contributed by atoms with Gasteiger partial charge in [-0.15, -0.1) is 0 Å². The number of hydrogen-bond donors (Lipinski definition) is 21. The minimum Gasteiger partial charge on any atom is -0.508 e. The molecule has 1 aromatic heterocycles. The zero-order chi connectivity index (χ0) is 79.9. The number of aromatic amines is 1. The van der Waals surface area contributed by atoms with Gasteiger partial charge in [0.05, 0.1) is 12.4 Å². The molecule has 0 saturated carbocycles. The summed E-state index contributed by atoms with van der Waals surface area (Å²) in [6.07, 6.45) is 0.526. The number of aliphatic imine (C=N–C) groups is 2. The molecule has 0 aliphatic carbocycles. The van der Waals surface area contributed by atoms with E-state index < -0.39 is 181 Å². The van der Waals surface area contributed by atoms with Gasteiger partial charge in [0.25, 0.3) is 0 Å². The van der Waals surface area contributed by atoms with Gasteiger partial charge in [0.2, 0.25) is 70.9 Å². The van der Waals surface area contributed by atoms with E-state index in [2.05, 4.69) is 73.1 Å². The van der Waals surface area contributed by atoms with Crippen LogP contribution in [-0.4, -0.2) is 212 Å². The summed E-state index contributed by atoms with van der Waals surface area (Å²) in [5.41, 5.74) is 40.2. The number of carbonyl (C=O) groups is 14. The van der Waals surface area contributed by atoms with Crippen molar-refractivity contribution in [2.24, 2.45) is 62.0 Å². The van der Waals surface area contributed by atoms with Crippen LogP contribution in [0.3, 0.4) is 0 Å². The monoisotopic (exact) mass is 1520 g/mol. The molecular formula is C68H105N21O17S. The van der Waals surface area contributed by atoms with E-state index in [-0.39, 0.29) is 113 Å². The SMILES string of the molecule is CSCC[C@H](NC(=O)[C@H](CCCN=C(N)N)NC(=O)[C@@H](N)CCC(N)=O)C(=O)N[C@@H](Cc1cnc[nH]1)C(=O)N[C@@H](CC(C)C)C(=O)N[C@@H](CCCN=C(N)N)C(=O)N[C@@H](CCC(N)=O)C(=O)N[C@@H](Cc1ccc(O)cc1)C(=O)N[C@@H](CCC(=O)O)C(=O)N[C@@H](Cc1ccccc1)C(=O)N[C@@H](CC(C)C)C(=O)O. The normalized spacial score (nSPS) is 14.1. The standard InChI is InChI=1S/C68H105N21O17S/c1-36(2)29-48(85-65(104)51(33-40-34-76-35-79-40)88-61(100)47(25-28-107-5)84-57(96)43(13-9-26-77-67(72)73)80-56(95)42(69)19-22-53(70)91)62(101)81-44(14-10-27-78-68(74)75)58(97)82-45(20-23-54(71)92)59(98)87-50(32-39-15-17-41(90)18-16-39)63(102)83-46(21-24-55(93)94)60(99)86-49(31-38-11-7-6-8-12-38)64(103)89-52(66(105)106)30-37(3)4/h6-8,11-12,15-18,34-37,42-52,90H,9-10,13-14,19-33,69H2,1-5H3,(H2,70,91)(H2,71,92)(H,76,79)(H,80,95)(H,81,101)(H,82,97)(H,83,102)(H,84,96)(H,85,104)(H,86,99)(H,87,98)(H,88,100)(H,89,103)(H,93,94)(H,105,106)(H4,72,73,77)(H4,74,75,78)/t42-,43-,44-,45-,46-,47-,48-,49-,50-,51-,52-/m0/s1. The number of aliphatic carboxylic acids is 2. The van der Waals surface area contributed by atoms with Crippen LogP contribution in [-0.2, 0) is 86.4 Å². The molecule has 0 aliphatic rings. The highest BCUT2D eigenvalue weighted by Crippen LogP contribution is 2.17. The summed E-state index contributed by atoms with van der Waals surface area (Å²) in [4.78, 5) is 207. The third-order valence-electron chi connectivity index (χ3n) is 16.2. The Morgan fingerprint density at radius 2 is 0.813 bits per heavy atom. The summed E-state index contributed by atoms with van der Waals surface area (Å²) in [6.45, 7) is 6.87. The van der Waals surface area contributed by atoms with Gasteiger partial charge in [-0.2, -0.15) is 11.8 Å². The zero-order valence-corrected chi connectivity index (χ0v) is 61.5. The van der Waals surface area contributed by atoms with Crippen LogP contribution in [0.15, 0.2) is 77.1 Å². The van der Waals surface area contributed by atoms with Crippen LogP contribution in [0.1, 0.15) is 128 Å². The van der Waals surface area contributed by atoms with Crippen LogP contribution in [0.25, 0.3) is 0 Å². The van der Waals surface area contributed by atoms with E-state index >= 15 is 0 Å². The summed E-state index contributed by atoms with van der Waals surface area (Å²) in [7, 11) is 0. The Balaban J connectivity index is 2.07. The van der Waals surface area contributed by atoms with Crippen molar-refractivity contribution in [1.29, 1.82) is 0 Å². The van der Waals surface area contributed by atoms with Crippen molar-refractivity contribution in [2.45, 2.75) is 197 Å². The highest BCUT2D eigenvalue weighted by atomic mass is 32.2. The number of benzene rings is 2. The minimum absolute atomic E-state index is 0.00761. The van der Waals surface area contributed by atoms with Crippen molar-refractivity contribution in [3.8, 4) is 5.75 Å². The van der Waals surface area contributed by atoms with E-state index in [1.54, 1.807) is 64.3 Å². The van der Waals surface area contributed by atoms with Crippen LogP contribution in [0.2, 0.25) is 0 Å². The van der Waals surface area contributed by atoms with Gasteiger partial charge in [-0.05, 0) is 111 Å². The average Bonchev–Trinajstić information content (AvgIpc) is 1.09. The summed E-state index contributed by atoms with van der Waals surface area (Å²) >= 11 is 1.32. The molecule has 3 rings (SSSR count). The second-order valence-corrected chi connectivity index (χ2v) is 27.3. The van der Waals surface area contributed by atoms with E-state index in [1.165, 1.54) is 48.6 Å². The number of imidazole rings is 1. The van der Waals surface area contributed by atoms with Gasteiger partial charge in [-0.1, -0.05) is 70.2 Å². The highest BCUT2D eigenvalue weighted by Gasteiger charge is 2.37. The van der Waals surface area contributed by atoms with Crippen LogP contribution in [0.5, 0.6) is 5.75 Å². The van der Waals surface area contributed by atoms with Crippen LogP contribution in [0, 0.1) is 11.8 Å². The molecule has 3 aromatic rings. The maximum absolute atomic E-state index is 14.8. The molecule has 590 valence electrons. The van der Waals surface area contributed by atoms with E-state index in [4.69, 9.17) is 40.1 Å². The van der Waals surface area contributed by atoms with Crippen molar-refractivity contribution in [2.75, 3.05) is 25.1 Å². The molecule has 0 aliphatic heterocycles. The van der Waals surface area contributed by atoms with Crippen molar-refractivity contribution >= 4 is 107 Å². The number of carbonyl (C=O) groups excluding carboxylic acids is 12. The number of carboxylic acids is 2. The average molecular weight is 1520 g/mol. The molecule has 11 atom stereocenters. The first-order chi connectivity index (χ1) is 50.5. The molecule has 0 fully saturated rings. The number of carboxylic acid groups (broad SMARTS) is 2. The summed E-state index contributed by atoms with van der Waals surface area (Å²) in [5.74, 6) is -15.1. The quantitative estimate of drug-likeness (QED) is 0.0145. The largest absolute Gasteiger partial charge is 0.508 e. The molecule has 12 amide bonds. The second-order valence-electron chi connectivity index (χ2n) is 26.3. The van der Waals surface area contributed by atoms with Gasteiger partial charge in [0, 0.05) is 63.5 Å². The Hall–Kier alpha value is -11.1. The topological polar surface area (TPSA) is 656 Å². The summed E-state index contributed by atoms with van der Waals surface area (Å²) in [6, 6.07) is -3.05. The van der Waals surface area contributed by atoms with Gasteiger partial charge >= 0.3 is 11.9 Å². The number of hydrogen-bond acceptors (Lipinski definition) is 20. The molecule has 1 heterocycles. The minimum atomic E-state index is -1.77. The van der Waals surface area contributed by atoms with Gasteiger partial charge in [0.1, 0.15) is 66.2 Å². The van der Waals surface area contributed by atoms with Crippen LogP contribution >= 0.6 is 11.8 Å². The Bertz CT molecular complexity index is 3510. The number of amides is 12. The molecule has 0 saturated heterocycles. The number of aromatic hydroxyl groups is 1. The molecule has 0 bridgehead atoms. The maximum Gasteiger partial charge on any atom is 0.326 e. The number of phenolic OH excluding ortho intramolecular Hbond substituents is 1. The first-order valence-electron chi connectivity index (χ1n) is 34.7. The number of phenols is 1. The smallest absolute Gasteiger partial charge is 0.326 e. The Morgan fingerprint density at radius 3 is 1.22 bits per heavy atom. The number of nitrogens with one attached hydrogen (secondary N) is 11. The van der Waals surface area contributed by atoms with E-state index in [9.17, 15) is 82.4 Å². The van der Waals surface area contributed by atoms with Crippen molar-refractivity contribution < 1.29 is 82.4 Å². The fourth-order valence-corrected chi connectivity index (χ4v) is 11.1. The molecule has 0 unspecified atom stereocenters. The van der Waals surface area contributed by atoms with Crippen LogP contribution in [0.4, 0.5) is 0 Å². The van der Waals surface area contributed by atoms with Crippen molar-refractivity contribution in [3.63, 3.8) is 0 Å². The first kappa shape index (κ1) is 90.1. The summed E-state index contributed by atoms with van der Waals surface area (Å²) < 4.78 is 0. The number of nitrogens with zero attached hydrogens (tertiary/aromatic N) is 3. The lowest BCUT2D eigenvalue weighted by atomic mass is 10.0. The Labute approximate surface area is 623 Å². The molecule has 0 spiro atoms. The van der Waals surface area contributed by atoms with Crippen LogP contribution < -0.4 is 93.3 Å². The van der Waals surface area contributed by atoms with E-state index in [0.717, 1.165) is 0 Å². The number of aromatic nitrogens is 2. The van der Waals surface area contributed by atoms with Crippen molar-refractivity contribution in [3.05, 3.63) is 83.9 Å². The molecule has 0 radical (unpaired) electrons. The lowest BCUT2D eigenvalue weighted by Crippen LogP contribution is -2.61. The molecule has 2 aromatic carbocycles. The first-order valence-corrected chi connectivity index (χ1v) is 36.1. The Morgan fingerprint density at radius 1 is 0.449 bits per heavy atom. The van der Waals surface area contributed by atoms with Gasteiger partial charge in [0.15, 0.2) is 11.9 Å². The van der Waals surface area contributed by atoms with Crippen molar-refractivity contribution in [1.82, 2.24) is 63.1 Å². The number of guanidine groups is 2. The third-order valence-corrected chi connectivity index (χ3v) is 16.9. The summed E-state index contributed by atoms with van der Waals surface area (Å²) in [5, 5.41) is 55.7. The fraction of sp³-hybridized carbons (Fsp3) is 0.544. The molecular weight excluding hydrogens is 1410 g/mol. The predicted molar refractivity (Wildman–Crippen MR) is 395 cm³/mol. The molecule has 38 nitrogen and oxygen atoms in total. The lowest BCUT2D eigenvalue weighted by Gasteiger charge is -2.29. The zero-order valence-electron chi connectivity index (χ0n) is 60.6. The third kappa shape index (κ3) is 36.0.